The smallest absolute Gasteiger partial charge is 0.329 e. The third-order valence-corrected chi connectivity index (χ3v) is 3.26. The van der Waals surface area contributed by atoms with E-state index in [4.69, 9.17) is 4.74 Å². The number of halogens is 1. The van der Waals surface area contributed by atoms with Crippen LogP contribution in [-0.4, -0.2) is 29.5 Å². The SMILES string of the molecule is CCOC(=O)C1NC(=O)CC1c1ccc(Br)cn1. The minimum atomic E-state index is -0.633. The number of amides is 1. The van der Waals surface area contributed by atoms with Crippen molar-refractivity contribution in [3.63, 3.8) is 0 Å². The van der Waals surface area contributed by atoms with Crippen LogP contribution in [0.2, 0.25) is 0 Å². The van der Waals surface area contributed by atoms with Gasteiger partial charge in [0.1, 0.15) is 6.04 Å². The number of carbonyl (C=O) groups is 2. The molecule has 0 aromatic carbocycles. The maximum atomic E-state index is 11.8. The Balaban J connectivity index is 2.21. The molecule has 0 spiro atoms. The van der Waals surface area contributed by atoms with Crippen molar-refractivity contribution in [1.29, 1.82) is 0 Å². The Kier molecular flexibility index (Phi) is 3.96. The van der Waals surface area contributed by atoms with E-state index in [1.54, 1.807) is 19.2 Å². The van der Waals surface area contributed by atoms with Crippen LogP contribution in [0.5, 0.6) is 0 Å². The Morgan fingerprint density at radius 3 is 3.00 bits per heavy atom. The van der Waals surface area contributed by atoms with Crippen molar-refractivity contribution in [1.82, 2.24) is 10.3 Å². The number of nitrogens with zero attached hydrogens (tertiary/aromatic N) is 1. The second-order valence-corrected chi connectivity index (χ2v) is 4.92. The van der Waals surface area contributed by atoms with Crippen molar-refractivity contribution in [2.45, 2.75) is 25.3 Å². The number of pyridine rings is 1. The molecule has 1 N–H and O–H groups in total. The van der Waals surface area contributed by atoms with Crippen LogP contribution in [0.4, 0.5) is 0 Å². The summed E-state index contributed by atoms with van der Waals surface area (Å²) in [6.45, 7) is 2.03. The Morgan fingerprint density at radius 1 is 1.61 bits per heavy atom. The zero-order chi connectivity index (χ0) is 13.1. The monoisotopic (exact) mass is 312 g/mol. The van der Waals surface area contributed by atoms with Crippen LogP contribution in [0.3, 0.4) is 0 Å². The molecule has 2 heterocycles. The van der Waals surface area contributed by atoms with Crippen LogP contribution in [0.1, 0.15) is 25.0 Å². The second-order valence-electron chi connectivity index (χ2n) is 4.01. The average Bonchev–Trinajstić information content (AvgIpc) is 2.73. The molecule has 18 heavy (non-hydrogen) atoms. The highest BCUT2D eigenvalue weighted by Gasteiger charge is 2.40. The van der Waals surface area contributed by atoms with Crippen molar-refractivity contribution >= 4 is 27.8 Å². The molecule has 1 aromatic rings. The predicted molar refractivity (Wildman–Crippen MR) is 67.9 cm³/mol. The van der Waals surface area contributed by atoms with E-state index in [0.29, 0.717) is 6.61 Å². The number of hydrogen-bond acceptors (Lipinski definition) is 4. The minimum Gasteiger partial charge on any atom is -0.464 e. The molecule has 0 radical (unpaired) electrons. The number of rotatable bonds is 3. The van der Waals surface area contributed by atoms with E-state index in [0.717, 1.165) is 10.2 Å². The van der Waals surface area contributed by atoms with Crippen LogP contribution >= 0.6 is 15.9 Å². The number of esters is 1. The first-order valence-electron chi connectivity index (χ1n) is 5.69. The van der Waals surface area contributed by atoms with Crippen LogP contribution in [0, 0.1) is 0 Å². The summed E-state index contributed by atoms with van der Waals surface area (Å²) in [5, 5.41) is 2.64. The molecule has 0 saturated carbocycles. The van der Waals surface area contributed by atoms with E-state index in [1.807, 2.05) is 6.07 Å². The summed E-state index contributed by atoms with van der Waals surface area (Å²) < 4.78 is 5.82. The van der Waals surface area contributed by atoms with Gasteiger partial charge in [-0.3, -0.25) is 9.78 Å². The maximum Gasteiger partial charge on any atom is 0.329 e. The summed E-state index contributed by atoms with van der Waals surface area (Å²) in [7, 11) is 0. The van der Waals surface area contributed by atoms with Gasteiger partial charge in [-0.15, -0.1) is 0 Å². The van der Waals surface area contributed by atoms with Gasteiger partial charge >= 0.3 is 5.97 Å². The number of carbonyl (C=O) groups excluding carboxylic acids is 2. The largest absolute Gasteiger partial charge is 0.464 e. The van der Waals surface area contributed by atoms with E-state index in [-0.39, 0.29) is 18.2 Å². The molecule has 1 aliphatic rings. The average molecular weight is 313 g/mol. The second kappa shape index (κ2) is 5.48. The summed E-state index contributed by atoms with van der Waals surface area (Å²) in [5.41, 5.74) is 0.717. The summed E-state index contributed by atoms with van der Waals surface area (Å²) in [5.74, 6) is -0.814. The van der Waals surface area contributed by atoms with Gasteiger partial charge in [0.05, 0.1) is 6.61 Å². The normalized spacial score (nSPS) is 22.7. The first-order valence-corrected chi connectivity index (χ1v) is 6.48. The number of ether oxygens (including phenoxy) is 1. The lowest BCUT2D eigenvalue weighted by Gasteiger charge is -2.16. The van der Waals surface area contributed by atoms with Gasteiger partial charge in [-0.25, -0.2) is 4.79 Å². The van der Waals surface area contributed by atoms with Gasteiger partial charge in [0, 0.05) is 28.7 Å². The summed E-state index contributed by atoms with van der Waals surface area (Å²) in [4.78, 5) is 27.5. The Hall–Kier alpha value is -1.43. The molecule has 6 heteroatoms. The molecule has 1 amide bonds. The van der Waals surface area contributed by atoms with Crippen LogP contribution in [0.25, 0.3) is 0 Å². The Bertz CT molecular complexity index is 461. The highest BCUT2D eigenvalue weighted by atomic mass is 79.9. The lowest BCUT2D eigenvalue weighted by molar-refractivity contribution is -0.146. The van der Waals surface area contributed by atoms with Crippen molar-refractivity contribution in [2.24, 2.45) is 0 Å². The lowest BCUT2D eigenvalue weighted by Crippen LogP contribution is -2.37. The molecule has 2 rings (SSSR count). The van der Waals surface area contributed by atoms with Gasteiger partial charge in [-0.2, -0.15) is 0 Å². The fourth-order valence-corrected chi connectivity index (χ4v) is 2.22. The Morgan fingerprint density at radius 2 is 2.39 bits per heavy atom. The summed E-state index contributed by atoms with van der Waals surface area (Å²) >= 11 is 3.30. The first kappa shape index (κ1) is 13.0. The lowest BCUT2D eigenvalue weighted by atomic mass is 9.96. The Labute approximate surface area is 113 Å². The zero-order valence-electron chi connectivity index (χ0n) is 9.85. The highest BCUT2D eigenvalue weighted by Crippen LogP contribution is 2.28. The third kappa shape index (κ3) is 2.69. The molecule has 1 aliphatic heterocycles. The van der Waals surface area contributed by atoms with Crippen molar-refractivity contribution < 1.29 is 14.3 Å². The molecule has 0 bridgehead atoms. The summed E-state index contributed by atoms with van der Waals surface area (Å²) in [6.07, 6.45) is 1.92. The van der Waals surface area contributed by atoms with E-state index in [2.05, 4.69) is 26.2 Å². The van der Waals surface area contributed by atoms with Crippen molar-refractivity contribution in [3.05, 3.63) is 28.5 Å². The maximum absolute atomic E-state index is 11.8. The molecule has 1 saturated heterocycles. The molecular weight excluding hydrogens is 300 g/mol. The molecule has 1 aromatic heterocycles. The fraction of sp³-hybridized carbons (Fsp3) is 0.417. The van der Waals surface area contributed by atoms with E-state index < -0.39 is 12.0 Å². The predicted octanol–water partition coefficient (Wildman–Crippen LogP) is 1.38. The topological polar surface area (TPSA) is 68.3 Å². The molecule has 2 unspecified atom stereocenters. The van der Waals surface area contributed by atoms with Crippen LogP contribution in [-0.2, 0) is 14.3 Å². The number of hydrogen-bond donors (Lipinski definition) is 1. The number of aromatic nitrogens is 1. The van der Waals surface area contributed by atoms with Crippen molar-refractivity contribution in [3.8, 4) is 0 Å². The van der Waals surface area contributed by atoms with Crippen molar-refractivity contribution in [2.75, 3.05) is 6.61 Å². The van der Waals surface area contributed by atoms with Gasteiger partial charge < -0.3 is 10.1 Å². The first-order chi connectivity index (χ1) is 8.61. The van der Waals surface area contributed by atoms with Crippen LogP contribution in [0.15, 0.2) is 22.8 Å². The third-order valence-electron chi connectivity index (χ3n) is 2.79. The quantitative estimate of drug-likeness (QED) is 0.856. The van der Waals surface area contributed by atoms with Gasteiger partial charge in [0.15, 0.2) is 0 Å². The molecular formula is C12H13BrN2O3. The van der Waals surface area contributed by atoms with Gasteiger partial charge in [0.2, 0.25) is 5.91 Å². The minimum absolute atomic E-state index is 0.150. The molecule has 0 aliphatic carbocycles. The van der Waals surface area contributed by atoms with Gasteiger partial charge in [0.25, 0.3) is 0 Å². The molecule has 2 atom stereocenters. The van der Waals surface area contributed by atoms with Gasteiger partial charge in [-0.1, -0.05) is 0 Å². The highest BCUT2D eigenvalue weighted by molar-refractivity contribution is 9.10. The number of nitrogens with one attached hydrogen (secondary N) is 1. The molecule has 5 nitrogen and oxygen atoms in total. The molecule has 1 fully saturated rings. The van der Waals surface area contributed by atoms with E-state index in [1.165, 1.54) is 0 Å². The van der Waals surface area contributed by atoms with E-state index >= 15 is 0 Å². The summed E-state index contributed by atoms with van der Waals surface area (Å²) in [6, 6.07) is 3.01. The standard InChI is InChI=1S/C12H13BrN2O3/c1-2-18-12(17)11-8(5-10(16)15-11)9-4-3-7(13)6-14-9/h3-4,6,8,11H,2,5H2,1H3,(H,15,16). The van der Waals surface area contributed by atoms with Gasteiger partial charge in [-0.05, 0) is 35.0 Å². The fourth-order valence-electron chi connectivity index (χ4n) is 1.99. The molecule has 96 valence electrons. The van der Waals surface area contributed by atoms with E-state index in [9.17, 15) is 9.59 Å². The van der Waals surface area contributed by atoms with Crippen LogP contribution < -0.4 is 5.32 Å². The zero-order valence-corrected chi connectivity index (χ0v) is 11.4.